The Bertz CT molecular complexity index is 782. The van der Waals surface area contributed by atoms with Gasteiger partial charge in [-0.3, -0.25) is 4.72 Å². The topological polar surface area (TPSA) is 85.6 Å². The van der Waals surface area contributed by atoms with Crippen molar-refractivity contribution in [1.29, 1.82) is 0 Å². The van der Waals surface area contributed by atoms with E-state index in [0.717, 1.165) is 5.56 Å². The van der Waals surface area contributed by atoms with E-state index in [2.05, 4.69) is 9.46 Å². The molecule has 6 nitrogen and oxygen atoms in total. The quantitative estimate of drug-likeness (QED) is 0.872. The van der Waals surface area contributed by atoms with Crippen molar-refractivity contribution in [2.45, 2.75) is 12.0 Å². The molecule has 0 saturated carbocycles. The lowest BCUT2D eigenvalue weighted by Crippen LogP contribution is -2.12. The molecule has 8 heteroatoms. The molecule has 0 atom stereocenters. The van der Waals surface area contributed by atoms with Gasteiger partial charge in [0.15, 0.2) is 0 Å². The Morgan fingerprint density at radius 1 is 1.29 bits per heavy atom. The Kier molecular flexibility index (Phi) is 4.24. The Morgan fingerprint density at radius 3 is 2.62 bits per heavy atom. The van der Waals surface area contributed by atoms with Crippen LogP contribution in [-0.2, 0) is 14.8 Å². The van der Waals surface area contributed by atoms with Crippen molar-refractivity contribution in [3.8, 4) is 0 Å². The summed E-state index contributed by atoms with van der Waals surface area (Å²) >= 11 is 5.93. The fourth-order valence-corrected chi connectivity index (χ4v) is 2.70. The van der Waals surface area contributed by atoms with Gasteiger partial charge in [0.1, 0.15) is 0 Å². The van der Waals surface area contributed by atoms with Crippen LogP contribution >= 0.6 is 11.6 Å². The maximum Gasteiger partial charge on any atom is 0.374 e. The second-order valence-corrected chi connectivity index (χ2v) is 6.20. The molecule has 0 fully saturated rings. The van der Waals surface area contributed by atoms with E-state index in [0.29, 0.717) is 10.7 Å². The Balaban J connectivity index is 2.27. The van der Waals surface area contributed by atoms with E-state index < -0.39 is 16.0 Å². The molecule has 2 rings (SSSR count). The summed E-state index contributed by atoms with van der Waals surface area (Å²) in [5.74, 6) is -0.949. The average Bonchev–Trinajstić information content (AvgIpc) is 2.92. The summed E-state index contributed by atoms with van der Waals surface area (Å²) in [6.07, 6.45) is 0. The van der Waals surface area contributed by atoms with Gasteiger partial charge in [-0.15, -0.1) is 0 Å². The van der Waals surface area contributed by atoms with Crippen molar-refractivity contribution in [1.82, 2.24) is 0 Å². The fourth-order valence-electron chi connectivity index (χ4n) is 1.54. The van der Waals surface area contributed by atoms with Crippen LogP contribution in [-0.4, -0.2) is 21.5 Å². The van der Waals surface area contributed by atoms with Gasteiger partial charge in [-0.2, -0.15) is 8.42 Å². The monoisotopic (exact) mass is 329 g/mol. The van der Waals surface area contributed by atoms with E-state index in [1.54, 1.807) is 19.1 Å². The largest absolute Gasteiger partial charge is 0.463 e. The number of aryl methyl sites for hydroxylation is 1. The molecule has 0 aliphatic rings. The Hall–Kier alpha value is -1.99. The number of carbonyl (C=O) groups excluding carboxylic acids is 1. The number of sulfonamides is 1. The Labute approximate surface area is 126 Å². The third-order valence-corrected chi connectivity index (χ3v) is 4.32. The zero-order valence-corrected chi connectivity index (χ0v) is 12.8. The van der Waals surface area contributed by atoms with E-state index in [-0.39, 0.29) is 10.9 Å². The third kappa shape index (κ3) is 3.37. The first-order valence-electron chi connectivity index (χ1n) is 5.80. The molecule has 0 amide bonds. The molecule has 0 spiro atoms. The SMILES string of the molecule is COC(=O)c1ccc(S(=O)(=O)Nc2ccc(C)c(Cl)c2)o1. The first-order valence-corrected chi connectivity index (χ1v) is 7.67. The highest BCUT2D eigenvalue weighted by atomic mass is 35.5. The summed E-state index contributed by atoms with van der Waals surface area (Å²) < 4.78 is 36.0. The number of methoxy groups -OCH3 is 1. The Morgan fingerprint density at radius 2 is 2.00 bits per heavy atom. The molecule has 0 aliphatic heterocycles. The maximum absolute atomic E-state index is 12.1. The molecule has 1 aromatic heterocycles. The van der Waals surface area contributed by atoms with E-state index in [1.807, 2.05) is 0 Å². The minimum absolute atomic E-state index is 0.195. The molecule has 0 unspecified atom stereocenters. The number of nitrogens with one attached hydrogen (secondary N) is 1. The first-order chi connectivity index (χ1) is 9.83. The minimum Gasteiger partial charge on any atom is -0.463 e. The third-order valence-electron chi connectivity index (χ3n) is 2.66. The van der Waals surface area contributed by atoms with Gasteiger partial charge in [-0.25, -0.2) is 4.79 Å². The molecular formula is C13H12ClNO5S. The molecule has 112 valence electrons. The van der Waals surface area contributed by atoms with Crippen molar-refractivity contribution in [3.63, 3.8) is 0 Å². The van der Waals surface area contributed by atoms with Gasteiger partial charge in [0.2, 0.25) is 10.9 Å². The van der Waals surface area contributed by atoms with Gasteiger partial charge in [-0.1, -0.05) is 17.7 Å². The predicted molar refractivity (Wildman–Crippen MR) is 77.0 cm³/mol. The molecule has 1 N–H and O–H groups in total. The first kappa shape index (κ1) is 15.4. The number of ether oxygens (including phenoxy) is 1. The van der Waals surface area contributed by atoms with Gasteiger partial charge >= 0.3 is 5.97 Å². The van der Waals surface area contributed by atoms with E-state index >= 15 is 0 Å². The van der Waals surface area contributed by atoms with E-state index in [1.165, 1.54) is 25.3 Å². The fraction of sp³-hybridized carbons (Fsp3) is 0.154. The van der Waals surface area contributed by atoms with Crippen molar-refractivity contribution in [3.05, 3.63) is 46.7 Å². The number of rotatable bonds is 4. The number of anilines is 1. The van der Waals surface area contributed by atoms with Crippen molar-refractivity contribution in [2.75, 3.05) is 11.8 Å². The summed E-state index contributed by atoms with van der Waals surface area (Å²) in [4.78, 5) is 11.2. The second kappa shape index (κ2) is 5.79. The smallest absolute Gasteiger partial charge is 0.374 e. The lowest BCUT2D eigenvalue weighted by molar-refractivity contribution is 0.0559. The summed E-state index contributed by atoms with van der Waals surface area (Å²) in [6, 6.07) is 7.14. The number of benzene rings is 1. The molecule has 0 bridgehead atoms. The van der Waals surface area contributed by atoms with Crippen molar-refractivity contribution >= 4 is 33.3 Å². The highest BCUT2D eigenvalue weighted by molar-refractivity contribution is 7.92. The number of furan rings is 1. The number of hydrogen-bond donors (Lipinski definition) is 1. The second-order valence-electron chi connectivity index (χ2n) is 4.18. The maximum atomic E-state index is 12.1. The highest BCUT2D eigenvalue weighted by Crippen LogP contribution is 2.23. The molecule has 0 saturated heterocycles. The van der Waals surface area contributed by atoms with Crippen LogP contribution in [0.2, 0.25) is 5.02 Å². The van der Waals surface area contributed by atoms with Crippen LogP contribution in [0.4, 0.5) is 5.69 Å². The van der Waals surface area contributed by atoms with Crippen molar-refractivity contribution < 1.29 is 22.4 Å². The molecule has 21 heavy (non-hydrogen) atoms. The normalized spacial score (nSPS) is 11.2. The molecule has 0 radical (unpaired) electrons. The number of esters is 1. The highest BCUT2D eigenvalue weighted by Gasteiger charge is 2.21. The van der Waals surface area contributed by atoms with Crippen LogP contribution in [0, 0.1) is 6.92 Å². The van der Waals surface area contributed by atoms with Crippen LogP contribution in [0.15, 0.2) is 39.8 Å². The molecule has 0 aliphatic carbocycles. The number of hydrogen-bond acceptors (Lipinski definition) is 5. The van der Waals surface area contributed by atoms with Gasteiger partial charge in [-0.05, 0) is 36.8 Å². The molecule has 2 aromatic rings. The lowest BCUT2D eigenvalue weighted by Gasteiger charge is -2.07. The molecular weight excluding hydrogens is 318 g/mol. The van der Waals surface area contributed by atoms with Gasteiger partial charge in [0.25, 0.3) is 10.0 Å². The van der Waals surface area contributed by atoms with E-state index in [4.69, 9.17) is 16.0 Å². The average molecular weight is 330 g/mol. The van der Waals surface area contributed by atoms with Crippen LogP contribution < -0.4 is 4.72 Å². The summed E-state index contributed by atoms with van der Waals surface area (Å²) in [6.45, 7) is 1.80. The van der Waals surface area contributed by atoms with Gasteiger partial charge in [0, 0.05) is 5.02 Å². The lowest BCUT2D eigenvalue weighted by atomic mass is 10.2. The number of carbonyl (C=O) groups is 1. The van der Waals surface area contributed by atoms with Crippen LogP contribution in [0.5, 0.6) is 0 Å². The number of halogens is 1. The standard InChI is InChI=1S/C13H12ClNO5S/c1-8-3-4-9(7-10(8)14)15-21(17,18)12-6-5-11(20-12)13(16)19-2/h3-7,15H,1-2H3. The molecule has 1 aromatic carbocycles. The van der Waals surface area contributed by atoms with Gasteiger partial charge < -0.3 is 9.15 Å². The molecule has 1 heterocycles. The van der Waals surface area contributed by atoms with Crippen LogP contribution in [0.25, 0.3) is 0 Å². The van der Waals surface area contributed by atoms with Crippen LogP contribution in [0.3, 0.4) is 0 Å². The van der Waals surface area contributed by atoms with E-state index in [9.17, 15) is 13.2 Å². The summed E-state index contributed by atoms with van der Waals surface area (Å²) in [7, 11) is -2.77. The van der Waals surface area contributed by atoms with Crippen LogP contribution in [0.1, 0.15) is 16.1 Å². The minimum atomic E-state index is -3.95. The summed E-state index contributed by atoms with van der Waals surface area (Å²) in [5.41, 5.74) is 1.12. The summed E-state index contributed by atoms with van der Waals surface area (Å²) in [5, 5.41) is 0.0458. The van der Waals surface area contributed by atoms with Crippen molar-refractivity contribution in [2.24, 2.45) is 0 Å². The zero-order valence-electron chi connectivity index (χ0n) is 11.2. The zero-order chi connectivity index (χ0) is 15.6. The van der Waals surface area contributed by atoms with Gasteiger partial charge in [0.05, 0.1) is 12.8 Å². The predicted octanol–water partition coefficient (Wildman–Crippen LogP) is 2.83.